The van der Waals surface area contributed by atoms with Crippen molar-refractivity contribution in [3.8, 4) is 0 Å². The summed E-state index contributed by atoms with van der Waals surface area (Å²) in [6.45, 7) is 7.01. The Labute approximate surface area is 126 Å². The number of methoxy groups -OCH3 is 1. The molecule has 0 saturated carbocycles. The second-order valence-electron chi connectivity index (χ2n) is 4.99. The lowest BCUT2D eigenvalue weighted by atomic mass is 10.2. The summed E-state index contributed by atoms with van der Waals surface area (Å²) in [6, 6.07) is 0. The molecule has 0 unspecified atom stereocenters. The van der Waals surface area contributed by atoms with Gasteiger partial charge < -0.3 is 20.3 Å². The summed E-state index contributed by atoms with van der Waals surface area (Å²) in [7, 11) is 5.49. The van der Waals surface area contributed by atoms with E-state index in [0.717, 1.165) is 23.6 Å². The van der Waals surface area contributed by atoms with Crippen LogP contribution in [-0.2, 0) is 23.1 Å². The summed E-state index contributed by atoms with van der Waals surface area (Å²) >= 11 is 0. The van der Waals surface area contributed by atoms with Crippen molar-refractivity contribution in [2.45, 2.75) is 20.4 Å². The highest BCUT2D eigenvalue weighted by molar-refractivity contribution is 5.81. The molecule has 1 heterocycles. The third kappa shape index (κ3) is 5.02. The summed E-state index contributed by atoms with van der Waals surface area (Å²) in [5, 5.41) is 10.6. The molecule has 1 amide bonds. The van der Waals surface area contributed by atoms with Gasteiger partial charge in [-0.2, -0.15) is 5.10 Å². The first-order chi connectivity index (χ1) is 10.0. The summed E-state index contributed by atoms with van der Waals surface area (Å²) in [6.07, 6.45) is 0. The molecule has 1 aromatic rings. The van der Waals surface area contributed by atoms with Crippen LogP contribution in [0.2, 0.25) is 0 Å². The molecule has 0 saturated heterocycles. The number of ether oxygens (including phenoxy) is 1. The Bertz CT molecular complexity index is 458. The maximum Gasteiger partial charge on any atom is 0.239 e. The number of carbonyl (C=O) groups excluding carboxylic acids is 1. The van der Waals surface area contributed by atoms with Crippen molar-refractivity contribution in [2.75, 3.05) is 45.3 Å². The van der Waals surface area contributed by atoms with Gasteiger partial charge in [-0.15, -0.1) is 0 Å². The maximum atomic E-state index is 11.7. The lowest BCUT2D eigenvalue weighted by molar-refractivity contribution is -0.119. The fraction of sp³-hybridized carbons (Fsp3) is 0.714. The van der Waals surface area contributed by atoms with Crippen LogP contribution in [0.15, 0.2) is 0 Å². The minimum atomic E-state index is 0.0112. The summed E-state index contributed by atoms with van der Waals surface area (Å²) < 4.78 is 6.85. The molecule has 1 rings (SSSR count). The van der Waals surface area contributed by atoms with E-state index in [2.05, 4.69) is 15.7 Å². The molecule has 0 aliphatic rings. The van der Waals surface area contributed by atoms with Crippen molar-refractivity contribution < 1.29 is 9.53 Å². The summed E-state index contributed by atoms with van der Waals surface area (Å²) in [4.78, 5) is 13.7. The van der Waals surface area contributed by atoms with E-state index in [4.69, 9.17) is 4.74 Å². The first-order valence-electron chi connectivity index (χ1n) is 7.21. The van der Waals surface area contributed by atoms with Crippen molar-refractivity contribution >= 4 is 11.7 Å². The number of likely N-dealkylation sites (N-methyl/N-ethyl adjacent to an activating group) is 2. The van der Waals surface area contributed by atoms with Crippen LogP contribution in [0.1, 0.15) is 18.2 Å². The van der Waals surface area contributed by atoms with Crippen LogP contribution >= 0.6 is 0 Å². The van der Waals surface area contributed by atoms with Crippen molar-refractivity contribution in [1.82, 2.24) is 20.4 Å². The van der Waals surface area contributed by atoms with Gasteiger partial charge in [-0.3, -0.25) is 9.48 Å². The minimum absolute atomic E-state index is 0.0112. The van der Waals surface area contributed by atoms with Gasteiger partial charge in [-0.1, -0.05) is 0 Å². The molecule has 21 heavy (non-hydrogen) atoms. The molecule has 0 bridgehead atoms. The molecule has 7 heteroatoms. The topological polar surface area (TPSA) is 71.4 Å². The van der Waals surface area contributed by atoms with E-state index in [1.54, 1.807) is 7.11 Å². The Morgan fingerprint density at radius 1 is 1.48 bits per heavy atom. The molecule has 1 aromatic heterocycles. The highest BCUT2D eigenvalue weighted by Gasteiger charge is 2.18. The molecule has 0 radical (unpaired) electrons. The first-order valence-corrected chi connectivity index (χ1v) is 7.21. The quantitative estimate of drug-likeness (QED) is 0.630. The first kappa shape index (κ1) is 17.5. The van der Waals surface area contributed by atoms with Gasteiger partial charge in [0.05, 0.1) is 18.8 Å². The molecular formula is C14H27N5O2. The van der Waals surface area contributed by atoms with Crippen LogP contribution in [0.3, 0.4) is 0 Å². The second kappa shape index (κ2) is 8.63. The number of anilines is 1. The second-order valence-corrected chi connectivity index (χ2v) is 4.99. The number of aryl methyl sites for hydroxylation is 2. The maximum absolute atomic E-state index is 11.7. The van der Waals surface area contributed by atoms with E-state index in [-0.39, 0.29) is 5.91 Å². The van der Waals surface area contributed by atoms with E-state index in [0.29, 0.717) is 26.2 Å². The molecule has 7 nitrogen and oxygen atoms in total. The van der Waals surface area contributed by atoms with E-state index in [1.807, 2.05) is 37.5 Å². The van der Waals surface area contributed by atoms with Crippen molar-refractivity contribution in [3.05, 3.63) is 11.3 Å². The number of nitrogens with one attached hydrogen (secondary N) is 2. The third-order valence-electron chi connectivity index (χ3n) is 3.21. The normalized spacial score (nSPS) is 10.7. The molecule has 0 aliphatic carbocycles. The number of aromatic nitrogens is 2. The van der Waals surface area contributed by atoms with Gasteiger partial charge in [0.1, 0.15) is 5.82 Å². The van der Waals surface area contributed by atoms with Crippen LogP contribution in [0.4, 0.5) is 5.82 Å². The van der Waals surface area contributed by atoms with Gasteiger partial charge in [0.2, 0.25) is 5.91 Å². The minimum Gasteiger partial charge on any atom is -0.383 e. The molecule has 120 valence electrons. The van der Waals surface area contributed by atoms with Gasteiger partial charge in [0, 0.05) is 46.4 Å². The Hall–Kier alpha value is -1.60. The highest BCUT2D eigenvalue weighted by atomic mass is 16.5. The summed E-state index contributed by atoms with van der Waals surface area (Å²) in [5.74, 6) is 0.973. The lowest BCUT2D eigenvalue weighted by Gasteiger charge is -2.20. The average molecular weight is 297 g/mol. The molecule has 0 aromatic carbocycles. The number of hydrogen-bond donors (Lipinski definition) is 2. The molecule has 0 atom stereocenters. The average Bonchev–Trinajstić information content (AvgIpc) is 2.69. The van der Waals surface area contributed by atoms with Crippen molar-refractivity contribution in [1.29, 1.82) is 0 Å². The smallest absolute Gasteiger partial charge is 0.239 e. The standard InChI is InChI=1S/C14H27N5O2/c1-6-16-13(20)10-18(3)14-12(9-15-7-8-21-5)11(2)17-19(14)4/h15H,6-10H2,1-5H3,(H,16,20). The molecule has 0 fully saturated rings. The van der Waals surface area contributed by atoms with E-state index in [1.165, 1.54) is 0 Å². The Balaban J connectivity index is 2.77. The number of rotatable bonds is 9. The van der Waals surface area contributed by atoms with E-state index in [9.17, 15) is 4.79 Å². The van der Waals surface area contributed by atoms with Gasteiger partial charge in [-0.05, 0) is 13.8 Å². The number of amides is 1. The fourth-order valence-corrected chi connectivity index (χ4v) is 2.31. The van der Waals surface area contributed by atoms with Crippen LogP contribution < -0.4 is 15.5 Å². The molecular weight excluding hydrogens is 270 g/mol. The van der Waals surface area contributed by atoms with E-state index >= 15 is 0 Å². The Morgan fingerprint density at radius 2 is 2.19 bits per heavy atom. The van der Waals surface area contributed by atoms with Crippen molar-refractivity contribution in [2.24, 2.45) is 7.05 Å². The highest BCUT2D eigenvalue weighted by Crippen LogP contribution is 2.21. The van der Waals surface area contributed by atoms with Gasteiger partial charge in [-0.25, -0.2) is 0 Å². The molecule has 0 spiro atoms. The Morgan fingerprint density at radius 3 is 2.81 bits per heavy atom. The largest absolute Gasteiger partial charge is 0.383 e. The van der Waals surface area contributed by atoms with Crippen LogP contribution in [0.25, 0.3) is 0 Å². The lowest BCUT2D eigenvalue weighted by Crippen LogP contribution is -2.36. The Kier molecular flexibility index (Phi) is 7.18. The van der Waals surface area contributed by atoms with Gasteiger partial charge >= 0.3 is 0 Å². The SMILES string of the molecule is CCNC(=O)CN(C)c1c(CNCCOC)c(C)nn1C. The molecule has 0 aliphatic heterocycles. The van der Waals surface area contributed by atoms with Crippen LogP contribution in [-0.4, -0.2) is 56.1 Å². The fourth-order valence-electron chi connectivity index (χ4n) is 2.31. The monoisotopic (exact) mass is 297 g/mol. The van der Waals surface area contributed by atoms with Crippen LogP contribution in [0.5, 0.6) is 0 Å². The van der Waals surface area contributed by atoms with Gasteiger partial charge in [0.25, 0.3) is 0 Å². The zero-order valence-electron chi connectivity index (χ0n) is 13.7. The van der Waals surface area contributed by atoms with Crippen molar-refractivity contribution in [3.63, 3.8) is 0 Å². The number of carbonyl (C=O) groups is 1. The zero-order valence-corrected chi connectivity index (χ0v) is 13.7. The summed E-state index contributed by atoms with van der Waals surface area (Å²) in [5.41, 5.74) is 2.08. The predicted octanol–water partition coefficient (Wildman–Crippen LogP) is 0.0368. The third-order valence-corrected chi connectivity index (χ3v) is 3.21. The number of nitrogens with zero attached hydrogens (tertiary/aromatic N) is 3. The van der Waals surface area contributed by atoms with Crippen LogP contribution in [0, 0.1) is 6.92 Å². The van der Waals surface area contributed by atoms with Gasteiger partial charge in [0.15, 0.2) is 0 Å². The molecule has 2 N–H and O–H groups in total. The van der Waals surface area contributed by atoms with E-state index < -0.39 is 0 Å². The number of hydrogen-bond acceptors (Lipinski definition) is 5. The predicted molar refractivity (Wildman–Crippen MR) is 83.5 cm³/mol. The zero-order chi connectivity index (χ0) is 15.8.